The summed E-state index contributed by atoms with van der Waals surface area (Å²) in [7, 11) is 0. The molecular formula is C9H10ClF2NO3. The van der Waals surface area contributed by atoms with Gasteiger partial charge in [-0.1, -0.05) is 0 Å². The predicted octanol–water partition coefficient (Wildman–Crippen LogP) is 1.05. The summed E-state index contributed by atoms with van der Waals surface area (Å²) in [6, 6.07) is 0.0264. The molecule has 0 aliphatic heterocycles. The standard InChI is InChI=1S/C9H9F2NO3.ClH/c10-6-1-4(13)2-7(11)5(6)3-8(12)9(14)15;/h1-2,8,13H,3,12H2,(H,14,15);1H/t8-;/m0./s1. The first-order chi connectivity index (χ1) is 6.91. The zero-order valence-corrected chi connectivity index (χ0v) is 8.80. The van der Waals surface area contributed by atoms with Crippen molar-refractivity contribution in [3.8, 4) is 5.75 Å². The van der Waals surface area contributed by atoms with Crippen molar-refractivity contribution in [2.75, 3.05) is 0 Å². The first-order valence-electron chi connectivity index (χ1n) is 4.07. The van der Waals surface area contributed by atoms with Gasteiger partial charge >= 0.3 is 5.97 Å². The fraction of sp³-hybridized carbons (Fsp3) is 0.222. The van der Waals surface area contributed by atoms with Gasteiger partial charge in [-0.2, -0.15) is 0 Å². The number of halogens is 3. The number of phenols is 1. The maximum Gasteiger partial charge on any atom is 0.320 e. The Hall–Kier alpha value is -1.40. The van der Waals surface area contributed by atoms with E-state index in [1.807, 2.05) is 0 Å². The lowest BCUT2D eigenvalue weighted by atomic mass is 10.1. The number of carboxylic acids is 1. The number of aliphatic carboxylic acids is 1. The smallest absolute Gasteiger partial charge is 0.320 e. The molecule has 90 valence electrons. The van der Waals surface area contributed by atoms with E-state index in [4.69, 9.17) is 15.9 Å². The molecule has 0 fully saturated rings. The zero-order chi connectivity index (χ0) is 11.6. The first kappa shape index (κ1) is 14.6. The molecule has 0 heterocycles. The van der Waals surface area contributed by atoms with E-state index in [0.717, 1.165) is 0 Å². The largest absolute Gasteiger partial charge is 0.508 e. The quantitative estimate of drug-likeness (QED) is 0.752. The van der Waals surface area contributed by atoms with Crippen LogP contribution in [0.2, 0.25) is 0 Å². The molecular weight excluding hydrogens is 244 g/mol. The van der Waals surface area contributed by atoms with Crippen molar-refractivity contribution in [1.82, 2.24) is 0 Å². The molecule has 0 unspecified atom stereocenters. The number of hydrogen-bond acceptors (Lipinski definition) is 3. The maximum atomic E-state index is 13.1. The highest BCUT2D eigenvalue weighted by molar-refractivity contribution is 5.85. The van der Waals surface area contributed by atoms with Gasteiger partial charge in [0.15, 0.2) is 0 Å². The number of phenolic OH excluding ortho intramolecular Hbond substituents is 1. The Morgan fingerprint density at radius 2 is 1.81 bits per heavy atom. The van der Waals surface area contributed by atoms with Crippen molar-refractivity contribution in [2.24, 2.45) is 5.73 Å². The van der Waals surface area contributed by atoms with Crippen LogP contribution in [-0.4, -0.2) is 22.2 Å². The zero-order valence-electron chi connectivity index (χ0n) is 7.98. The monoisotopic (exact) mass is 253 g/mol. The molecule has 4 nitrogen and oxygen atoms in total. The second-order valence-corrected chi connectivity index (χ2v) is 3.04. The number of benzene rings is 1. The van der Waals surface area contributed by atoms with Crippen LogP contribution in [0, 0.1) is 11.6 Å². The highest BCUT2D eigenvalue weighted by Gasteiger charge is 2.18. The second kappa shape index (κ2) is 5.62. The van der Waals surface area contributed by atoms with E-state index in [2.05, 4.69) is 0 Å². The van der Waals surface area contributed by atoms with Gasteiger partial charge in [0.1, 0.15) is 23.4 Å². The van der Waals surface area contributed by atoms with Crippen molar-refractivity contribution in [3.05, 3.63) is 29.3 Å². The number of carbonyl (C=O) groups is 1. The lowest BCUT2D eigenvalue weighted by Gasteiger charge is -2.08. The molecule has 7 heteroatoms. The van der Waals surface area contributed by atoms with E-state index >= 15 is 0 Å². The van der Waals surface area contributed by atoms with Gasteiger partial charge in [0, 0.05) is 24.1 Å². The molecule has 0 saturated heterocycles. The van der Waals surface area contributed by atoms with Gasteiger partial charge in [-0.05, 0) is 0 Å². The highest BCUT2D eigenvalue weighted by Crippen LogP contribution is 2.20. The topological polar surface area (TPSA) is 83.5 Å². The summed E-state index contributed by atoms with van der Waals surface area (Å²) in [5.41, 5.74) is 4.69. The molecule has 4 N–H and O–H groups in total. The predicted molar refractivity (Wildman–Crippen MR) is 54.6 cm³/mol. The van der Waals surface area contributed by atoms with E-state index in [1.165, 1.54) is 0 Å². The molecule has 0 radical (unpaired) electrons. The molecule has 16 heavy (non-hydrogen) atoms. The van der Waals surface area contributed by atoms with E-state index in [0.29, 0.717) is 12.1 Å². The van der Waals surface area contributed by atoms with Crippen LogP contribution in [0.5, 0.6) is 5.75 Å². The Labute approximate surface area is 96.1 Å². The summed E-state index contributed by atoms with van der Waals surface area (Å²) in [5.74, 6) is -3.92. The summed E-state index contributed by atoms with van der Waals surface area (Å²) in [5, 5.41) is 17.3. The number of carboxylic acid groups (broad SMARTS) is 1. The van der Waals surface area contributed by atoms with Crippen LogP contribution in [0.25, 0.3) is 0 Å². The molecule has 0 aliphatic carbocycles. The second-order valence-electron chi connectivity index (χ2n) is 3.04. The first-order valence-corrected chi connectivity index (χ1v) is 4.07. The van der Waals surface area contributed by atoms with Crippen LogP contribution in [0.15, 0.2) is 12.1 Å². The van der Waals surface area contributed by atoms with Crippen LogP contribution in [0.1, 0.15) is 5.56 Å². The summed E-state index contributed by atoms with van der Waals surface area (Å²) in [6.45, 7) is 0. The van der Waals surface area contributed by atoms with Gasteiger partial charge in [-0.15, -0.1) is 12.4 Å². The van der Waals surface area contributed by atoms with E-state index in [9.17, 15) is 13.6 Å². The van der Waals surface area contributed by atoms with Crippen molar-refractivity contribution < 1.29 is 23.8 Å². The molecule has 0 amide bonds. The normalized spacial score (nSPS) is 11.7. The molecule has 1 rings (SSSR count). The van der Waals surface area contributed by atoms with Gasteiger partial charge in [0.2, 0.25) is 0 Å². The fourth-order valence-corrected chi connectivity index (χ4v) is 1.09. The molecule has 0 saturated carbocycles. The molecule has 1 aromatic carbocycles. The lowest BCUT2D eigenvalue weighted by molar-refractivity contribution is -0.138. The van der Waals surface area contributed by atoms with Crippen LogP contribution in [-0.2, 0) is 11.2 Å². The van der Waals surface area contributed by atoms with Crippen molar-refractivity contribution in [1.29, 1.82) is 0 Å². The van der Waals surface area contributed by atoms with Crippen molar-refractivity contribution >= 4 is 18.4 Å². The number of hydrogen-bond donors (Lipinski definition) is 3. The molecule has 1 atom stereocenters. The minimum absolute atomic E-state index is 0. The molecule has 0 aromatic heterocycles. The Morgan fingerprint density at radius 3 is 2.19 bits per heavy atom. The molecule has 0 spiro atoms. The number of rotatable bonds is 3. The minimum atomic E-state index is -1.38. The van der Waals surface area contributed by atoms with Crippen LogP contribution in [0.4, 0.5) is 8.78 Å². The third kappa shape index (κ3) is 3.32. The van der Waals surface area contributed by atoms with Crippen LogP contribution < -0.4 is 5.73 Å². The minimum Gasteiger partial charge on any atom is -0.508 e. The highest BCUT2D eigenvalue weighted by atomic mass is 35.5. The summed E-state index contributed by atoms with van der Waals surface area (Å²) >= 11 is 0. The number of nitrogens with two attached hydrogens (primary N) is 1. The Bertz CT molecular complexity index is 377. The third-order valence-corrected chi connectivity index (χ3v) is 1.87. The average molecular weight is 254 g/mol. The third-order valence-electron chi connectivity index (χ3n) is 1.87. The van der Waals surface area contributed by atoms with Gasteiger partial charge in [-0.25, -0.2) is 8.78 Å². The van der Waals surface area contributed by atoms with Crippen molar-refractivity contribution in [3.63, 3.8) is 0 Å². The molecule has 0 aliphatic rings. The maximum absolute atomic E-state index is 13.1. The van der Waals surface area contributed by atoms with Crippen molar-refractivity contribution in [2.45, 2.75) is 12.5 Å². The number of aromatic hydroxyl groups is 1. The van der Waals surface area contributed by atoms with E-state index in [1.54, 1.807) is 0 Å². The van der Waals surface area contributed by atoms with Gasteiger partial charge in [0.05, 0.1) is 0 Å². The van der Waals surface area contributed by atoms with Gasteiger partial charge < -0.3 is 15.9 Å². The summed E-state index contributed by atoms with van der Waals surface area (Å²) in [4.78, 5) is 10.4. The summed E-state index contributed by atoms with van der Waals surface area (Å²) in [6.07, 6.45) is -0.465. The lowest BCUT2D eigenvalue weighted by Crippen LogP contribution is -2.32. The SMILES string of the molecule is Cl.N[C@@H](Cc1c(F)cc(O)cc1F)C(=O)O. The van der Waals surface area contributed by atoms with E-state index < -0.39 is 41.4 Å². The van der Waals surface area contributed by atoms with Crippen LogP contribution >= 0.6 is 12.4 Å². The van der Waals surface area contributed by atoms with Crippen LogP contribution in [0.3, 0.4) is 0 Å². The van der Waals surface area contributed by atoms with Gasteiger partial charge in [-0.3, -0.25) is 4.79 Å². The summed E-state index contributed by atoms with van der Waals surface area (Å²) < 4.78 is 26.2. The van der Waals surface area contributed by atoms with E-state index in [-0.39, 0.29) is 12.4 Å². The Morgan fingerprint density at radius 1 is 1.38 bits per heavy atom. The Kier molecular flexibility index (Phi) is 5.13. The molecule has 1 aromatic rings. The average Bonchev–Trinajstić information content (AvgIpc) is 2.10. The Balaban J connectivity index is 0.00000225. The fourth-order valence-electron chi connectivity index (χ4n) is 1.09. The van der Waals surface area contributed by atoms with Gasteiger partial charge in [0.25, 0.3) is 0 Å². The molecule has 0 bridgehead atoms.